The standard InChI is InChI=1S/C21H22N6O2S/c1-13-7-10-18(14(2)11-13)27-21(24-25-26-27)30-12-19(28)23-17-6-4-3-5-16(17)20(29)22-15-8-9-15/h3-7,10-11,15H,8-9,12H2,1-2H3,(H,22,29)(H,23,28). The van der Waals surface area contributed by atoms with Gasteiger partial charge in [0.05, 0.1) is 22.7 Å². The summed E-state index contributed by atoms with van der Waals surface area (Å²) in [4.78, 5) is 24.9. The van der Waals surface area contributed by atoms with Crippen molar-refractivity contribution in [3.8, 4) is 5.69 Å². The highest BCUT2D eigenvalue weighted by molar-refractivity contribution is 7.99. The molecule has 1 aliphatic rings. The summed E-state index contributed by atoms with van der Waals surface area (Å²) >= 11 is 1.24. The SMILES string of the molecule is Cc1ccc(-n2nnnc2SCC(=O)Nc2ccccc2C(=O)NC2CC2)c(C)c1. The fourth-order valence-corrected chi connectivity index (χ4v) is 3.74. The van der Waals surface area contributed by atoms with Gasteiger partial charge in [-0.05, 0) is 60.9 Å². The lowest BCUT2D eigenvalue weighted by Crippen LogP contribution is -2.27. The molecule has 3 aromatic rings. The molecule has 0 spiro atoms. The van der Waals surface area contributed by atoms with Crippen LogP contribution in [-0.2, 0) is 4.79 Å². The number of nitrogens with zero attached hydrogens (tertiary/aromatic N) is 4. The minimum atomic E-state index is -0.234. The van der Waals surface area contributed by atoms with E-state index in [-0.39, 0.29) is 23.6 Å². The van der Waals surface area contributed by atoms with Gasteiger partial charge in [0.2, 0.25) is 11.1 Å². The van der Waals surface area contributed by atoms with Crippen LogP contribution in [-0.4, -0.2) is 43.8 Å². The Morgan fingerprint density at radius 3 is 2.73 bits per heavy atom. The molecule has 1 heterocycles. The smallest absolute Gasteiger partial charge is 0.253 e. The second-order valence-electron chi connectivity index (χ2n) is 7.29. The number of rotatable bonds is 7. The zero-order valence-corrected chi connectivity index (χ0v) is 17.6. The molecule has 0 saturated heterocycles. The van der Waals surface area contributed by atoms with Crippen LogP contribution in [0.4, 0.5) is 5.69 Å². The number of benzene rings is 2. The van der Waals surface area contributed by atoms with Crippen LogP contribution in [0.5, 0.6) is 0 Å². The molecule has 2 N–H and O–H groups in total. The zero-order chi connectivity index (χ0) is 21.1. The van der Waals surface area contributed by atoms with Gasteiger partial charge in [-0.3, -0.25) is 9.59 Å². The van der Waals surface area contributed by atoms with E-state index in [0.717, 1.165) is 29.7 Å². The maximum absolute atomic E-state index is 12.5. The Morgan fingerprint density at radius 2 is 1.97 bits per heavy atom. The van der Waals surface area contributed by atoms with Gasteiger partial charge < -0.3 is 10.6 Å². The second kappa shape index (κ2) is 8.66. The number of hydrogen-bond acceptors (Lipinski definition) is 6. The first-order valence-electron chi connectivity index (χ1n) is 9.70. The average Bonchev–Trinajstić information content (AvgIpc) is 3.41. The molecule has 1 saturated carbocycles. The third kappa shape index (κ3) is 4.68. The molecule has 2 amide bonds. The van der Waals surface area contributed by atoms with Crippen molar-refractivity contribution in [2.75, 3.05) is 11.1 Å². The van der Waals surface area contributed by atoms with E-state index >= 15 is 0 Å². The Labute approximate surface area is 178 Å². The average molecular weight is 423 g/mol. The largest absolute Gasteiger partial charge is 0.349 e. The minimum Gasteiger partial charge on any atom is -0.349 e. The van der Waals surface area contributed by atoms with Crippen LogP contribution in [0.1, 0.15) is 34.3 Å². The van der Waals surface area contributed by atoms with Crippen molar-refractivity contribution in [1.82, 2.24) is 25.5 Å². The Kier molecular flexibility index (Phi) is 5.80. The number of tetrazole rings is 1. The maximum atomic E-state index is 12.5. The molecule has 0 bridgehead atoms. The highest BCUT2D eigenvalue weighted by Crippen LogP contribution is 2.23. The number of anilines is 1. The fourth-order valence-electron chi connectivity index (χ4n) is 3.06. The predicted molar refractivity (Wildman–Crippen MR) is 115 cm³/mol. The summed E-state index contributed by atoms with van der Waals surface area (Å²) in [5.74, 6) is -0.286. The molecule has 1 aliphatic carbocycles. The van der Waals surface area contributed by atoms with Crippen molar-refractivity contribution in [2.45, 2.75) is 37.9 Å². The van der Waals surface area contributed by atoms with Gasteiger partial charge in [0.15, 0.2) is 0 Å². The van der Waals surface area contributed by atoms with Crippen LogP contribution in [0.3, 0.4) is 0 Å². The number of carbonyl (C=O) groups excluding carboxylic acids is 2. The third-order valence-corrected chi connectivity index (χ3v) is 5.63. The number of hydrogen-bond donors (Lipinski definition) is 2. The van der Waals surface area contributed by atoms with Crippen molar-refractivity contribution in [3.63, 3.8) is 0 Å². The van der Waals surface area contributed by atoms with Crippen LogP contribution in [0.2, 0.25) is 0 Å². The summed E-state index contributed by atoms with van der Waals surface area (Å²) in [6, 6.07) is 13.3. The molecule has 0 unspecified atom stereocenters. The van der Waals surface area contributed by atoms with Crippen molar-refractivity contribution < 1.29 is 9.59 Å². The number of amides is 2. The predicted octanol–water partition coefficient (Wildman–Crippen LogP) is 2.90. The number of aromatic nitrogens is 4. The summed E-state index contributed by atoms with van der Waals surface area (Å²) in [5, 5.41) is 18.2. The van der Waals surface area contributed by atoms with Gasteiger partial charge in [-0.2, -0.15) is 4.68 Å². The van der Waals surface area contributed by atoms with Crippen molar-refractivity contribution in [3.05, 3.63) is 59.2 Å². The molecule has 4 rings (SSSR count). The molecule has 1 fully saturated rings. The zero-order valence-electron chi connectivity index (χ0n) is 16.8. The highest BCUT2D eigenvalue weighted by Gasteiger charge is 2.25. The monoisotopic (exact) mass is 422 g/mol. The Balaban J connectivity index is 1.42. The van der Waals surface area contributed by atoms with E-state index in [1.807, 2.05) is 26.0 Å². The van der Waals surface area contributed by atoms with E-state index in [9.17, 15) is 9.59 Å². The molecule has 0 radical (unpaired) electrons. The Bertz CT molecular complexity index is 1090. The van der Waals surface area contributed by atoms with E-state index in [2.05, 4.69) is 32.2 Å². The van der Waals surface area contributed by atoms with E-state index < -0.39 is 0 Å². The summed E-state index contributed by atoms with van der Waals surface area (Å²) in [5.41, 5.74) is 4.03. The molecule has 0 aliphatic heterocycles. The van der Waals surface area contributed by atoms with Gasteiger partial charge in [-0.25, -0.2) is 0 Å². The van der Waals surface area contributed by atoms with Crippen molar-refractivity contribution in [1.29, 1.82) is 0 Å². The minimum absolute atomic E-state index is 0.115. The van der Waals surface area contributed by atoms with Crippen LogP contribution >= 0.6 is 11.8 Å². The second-order valence-corrected chi connectivity index (χ2v) is 8.24. The number of aryl methyl sites for hydroxylation is 2. The van der Waals surface area contributed by atoms with Gasteiger partial charge >= 0.3 is 0 Å². The molecular weight excluding hydrogens is 400 g/mol. The van der Waals surface area contributed by atoms with E-state index in [1.54, 1.807) is 28.9 Å². The number of carbonyl (C=O) groups is 2. The van der Waals surface area contributed by atoms with Gasteiger partial charge in [0.25, 0.3) is 5.91 Å². The van der Waals surface area contributed by atoms with E-state index in [4.69, 9.17) is 0 Å². The molecule has 9 heteroatoms. The summed E-state index contributed by atoms with van der Waals surface area (Å²) < 4.78 is 1.63. The van der Waals surface area contributed by atoms with Gasteiger partial charge in [0, 0.05) is 6.04 Å². The van der Waals surface area contributed by atoms with Gasteiger partial charge in [-0.15, -0.1) is 5.10 Å². The Morgan fingerprint density at radius 1 is 1.17 bits per heavy atom. The quantitative estimate of drug-likeness (QED) is 0.568. The lowest BCUT2D eigenvalue weighted by molar-refractivity contribution is -0.113. The highest BCUT2D eigenvalue weighted by atomic mass is 32.2. The fraction of sp³-hybridized carbons (Fsp3) is 0.286. The van der Waals surface area contributed by atoms with E-state index in [0.29, 0.717) is 16.4 Å². The molecule has 8 nitrogen and oxygen atoms in total. The van der Waals surface area contributed by atoms with Gasteiger partial charge in [0.1, 0.15) is 0 Å². The number of nitrogens with one attached hydrogen (secondary N) is 2. The molecule has 2 aromatic carbocycles. The first-order chi connectivity index (χ1) is 14.5. The summed E-state index contributed by atoms with van der Waals surface area (Å²) in [6.45, 7) is 4.02. The molecule has 0 atom stereocenters. The first-order valence-corrected chi connectivity index (χ1v) is 10.7. The summed E-state index contributed by atoms with van der Waals surface area (Å²) in [6.07, 6.45) is 2.01. The first kappa shape index (κ1) is 20.1. The normalized spacial score (nSPS) is 13.1. The Hall–Kier alpha value is -3.20. The number of para-hydroxylation sites is 1. The molecular formula is C21H22N6O2S. The lowest BCUT2D eigenvalue weighted by atomic mass is 10.1. The topological polar surface area (TPSA) is 102 Å². The van der Waals surface area contributed by atoms with Crippen LogP contribution in [0.25, 0.3) is 5.69 Å². The molecule has 154 valence electrons. The van der Waals surface area contributed by atoms with Crippen LogP contribution < -0.4 is 10.6 Å². The third-order valence-electron chi connectivity index (χ3n) is 4.71. The molecule has 30 heavy (non-hydrogen) atoms. The molecule has 1 aromatic heterocycles. The van der Waals surface area contributed by atoms with Crippen LogP contribution in [0, 0.1) is 13.8 Å². The van der Waals surface area contributed by atoms with Gasteiger partial charge in [-0.1, -0.05) is 41.6 Å². The van der Waals surface area contributed by atoms with Crippen molar-refractivity contribution >= 4 is 29.3 Å². The van der Waals surface area contributed by atoms with E-state index in [1.165, 1.54) is 11.8 Å². The van der Waals surface area contributed by atoms with Crippen molar-refractivity contribution in [2.24, 2.45) is 0 Å². The summed E-state index contributed by atoms with van der Waals surface area (Å²) in [7, 11) is 0. The number of thioether (sulfide) groups is 1. The lowest BCUT2D eigenvalue weighted by Gasteiger charge is -2.11. The maximum Gasteiger partial charge on any atom is 0.253 e. The van der Waals surface area contributed by atoms with Crippen LogP contribution in [0.15, 0.2) is 47.6 Å².